The number of anilines is 1. The first-order valence-electron chi connectivity index (χ1n) is 3.55. The number of hydrogen-bond donors (Lipinski definition) is 1. The number of hydrogen-bond acceptors (Lipinski definition) is 2. The van der Waals surface area contributed by atoms with Gasteiger partial charge in [0.2, 0.25) is 0 Å². The minimum atomic E-state index is 0.752. The van der Waals surface area contributed by atoms with E-state index in [1.807, 2.05) is 23.9 Å². The highest BCUT2D eigenvalue weighted by molar-refractivity contribution is 9.10. The smallest absolute Gasteiger partial charge is 0.0822 e. The molecule has 0 aliphatic carbocycles. The van der Waals surface area contributed by atoms with Crippen molar-refractivity contribution >= 4 is 32.5 Å². The number of nitrogens with zero attached hydrogens (tertiary/aromatic N) is 2. The SMILES string of the molecule is Cn1ncc2cc(N)cc(Br)c21. The average Bonchev–Trinajstić information content (AvgIpc) is 2.31. The largest absolute Gasteiger partial charge is 0.399 e. The lowest BCUT2D eigenvalue weighted by Crippen LogP contribution is -1.90. The molecular formula is C8H8BrN3. The van der Waals surface area contributed by atoms with Gasteiger partial charge < -0.3 is 5.73 Å². The maximum atomic E-state index is 5.67. The zero-order valence-corrected chi connectivity index (χ0v) is 8.17. The fourth-order valence-corrected chi connectivity index (χ4v) is 2.04. The van der Waals surface area contributed by atoms with Crippen molar-refractivity contribution in [2.45, 2.75) is 0 Å². The summed E-state index contributed by atoms with van der Waals surface area (Å²) in [5.74, 6) is 0. The third-order valence-electron chi connectivity index (χ3n) is 1.81. The second-order valence-electron chi connectivity index (χ2n) is 2.71. The van der Waals surface area contributed by atoms with E-state index >= 15 is 0 Å². The number of halogens is 1. The predicted molar refractivity (Wildman–Crippen MR) is 52.8 cm³/mol. The van der Waals surface area contributed by atoms with Crippen molar-refractivity contribution in [1.29, 1.82) is 0 Å². The van der Waals surface area contributed by atoms with Crippen LogP contribution in [0.4, 0.5) is 5.69 Å². The number of nitrogen functional groups attached to an aromatic ring is 1. The van der Waals surface area contributed by atoms with E-state index in [0.29, 0.717) is 0 Å². The van der Waals surface area contributed by atoms with E-state index in [2.05, 4.69) is 21.0 Å². The Morgan fingerprint density at radius 1 is 1.50 bits per heavy atom. The topological polar surface area (TPSA) is 43.8 Å². The molecular weight excluding hydrogens is 218 g/mol. The van der Waals surface area contributed by atoms with Crippen molar-refractivity contribution in [3.8, 4) is 0 Å². The summed E-state index contributed by atoms with van der Waals surface area (Å²) in [5.41, 5.74) is 7.49. The Hall–Kier alpha value is -1.03. The van der Waals surface area contributed by atoms with Gasteiger partial charge >= 0.3 is 0 Å². The molecule has 0 saturated heterocycles. The Morgan fingerprint density at radius 2 is 2.25 bits per heavy atom. The van der Waals surface area contributed by atoms with Crippen molar-refractivity contribution in [1.82, 2.24) is 9.78 Å². The molecule has 1 aromatic heterocycles. The van der Waals surface area contributed by atoms with Crippen LogP contribution in [0.1, 0.15) is 0 Å². The first kappa shape index (κ1) is 7.61. The number of aryl methyl sites for hydroxylation is 1. The Morgan fingerprint density at radius 3 is 3.00 bits per heavy atom. The van der Waals surface area contributed by atoms with Gasteiger partial charge in [-0.15, -0.1) is 0 Å². The van der Waals surface area contributed by atoms with Crippen LogP contribution >= 0.6 is 15.9 Å². The summed E-state index contributed by atoms with van der Waals surface area (Å²) >= 11 is 3.44. The van der Waals surface area contributed by atoms with Crippen LogP contribution in [0.2, 0.25) is 0 Å². The molecule has 2 N–H and O–H groups in total. The van der Waals surface area contributed by atoms with E-state index in [9.17, 15) is 0 Å². The van der Waals surface area contributed by atoms with Gasteiger partial charge in [-0.05, 0) is 28.1 Å². The number of nitrogens with two attached hydrogens (primary N) is 1. The summed E-state index contributed by atoms with van der Waals surface area (Å²) in [6.07, 6.45) is 1.80. The third-order valence-corrected chi connectivity index (χ3v) is 2.41. The Bertz CT molecular complexity index is 433. The van der Waals surface area contributed by atoms with Crippen molar-refractivity contribution in [3.63, 3.8) is 0 Å². The van der Waals surface area contributed by atoms with Gasteiger partial charge in [-0.3, -0.25) is 4.68 Å². The molecule has 0 bridgehead atoms. The zero-order chi connectivity index (χ0) is 8.72. The molecule has 0 aliphatic rings. The molecule has 3 nitrogen and oxygen atoms in total. The standard InChI is InChI=1S/C8H8BrN3/c1-12-8-5(4-11-12)2-6(10)3-7(8)9/h2-4H,10H2,1H3. The highest BCUT2D eigenvalue weighted by Crippen LogP contribution is 2.25. The molecule has 2 rings (SSSR count). The number of fused-ring (bicyclic) bond motifs is 1. The maximum absolute atomic E-state index is 5.67. The average molecular weight is 226 g/mol. The normalized spacial score (nSPS) is 10.8. The molecule has 0 atom stereocenters. The quantitative estimate of drug-likeness (QED) is 0.697. The van der Waals surface area contributed by atoms with Crippen LogP contribution in [-0.4, -0.2) is 9.78 Å². The molecule has 1 aromatic carbocycles. The fourth-order valence-electron chi connectivity index (χ4n) is 1.29. The molecule has 0 saturated carbocycles. The zero-order valence-electron chi connectivity index (χ0n) is 6.58. The van der Waals surface area contributed by atoms with Crippen molar-refractivity contribution in [2.75, 3.05) is 5.73 Å². The molecule has 4 heteroatoms. The molecule has 0 spiro atoms. The van der Waals surface area contributed by atoms with Crippen LogP contribution in [0.25, 0.3) is 10.9 Å². The molecule has 0 fully saturated rings. The molecule has 12 heavy (non-hydrogen) atoms. The highest BCUT2D eigenvalue weighted by Gasteiger charge is 2.03. The Kier molecular flexibility index (Phi) is 1.58. The van der Waals surface area contributed by atoms with Crippen LogP contribution < -0.4 is 5.73 Å². The predicted octanol–water partition coefficient (Wildman–Crippen LogP) is 1.92. The van der Waals surface area contributed by atoms with Gasteiger partial charge in [0.25, 0.3) is 0 Å². The second-order valence-corrected chi connectivity index (χ2v) is 3.56. The van der Waals surface area contributed by atoms with E-state index in [4.69, 9.17) is 5.73 Å². The lowest BCUT2D eigenvalue weighted by atomic mass is 10.2. The number of benzene rings is 1. The second kappa shape index (κ2) is 2.48. The maximum Gasteiger partial charge on any atom is 0.0822 e. The van der Waals surface area contributed by atoms with Gasteiger partial charge in [0.15, 0.2) is 0 Å². The molecule has 0 aliphatic heterocycles. The van der Waals surface area contributed by atoms with Crippen LogP contribution in [-0.2, 0) is 7.05 Å². The van der Waals surface area contributed by atoms with E-state index in [0.717, 1.165) is 21.1 Å². The summed E-state index contributed by atoms with van der Waals surface area (Å²) in [5, 5.41) is 5.19. The monoisotopic (exact) mass is 225 g/mol. The van der Waals surface area contributed by atoms with Crippen LogP contribution in [0.15, 0.2) is 22.8 Å². The number of rotatable bonds is 0. The lowest BCUT2D eigenvalue weighted by molar-refractivity contribution is 0.795. The van der Waals surface area contributed by atoms with Crippen LogP contribution in [0.5, 0.6) is 0 Å². The van der Waals surface area contributed by atoms with Gasteiger partial charge in [0, 0.05) is 22.6 Å². The number of aromatic nitrogens is 2. The first-order chi connectivity index (χ1) is 5.68. The summed E-state index contributed by atoms with van der Waals surface area (Å²) < 4.78 is 2.80. The summed E-state index contributed by atoms with van der Waals surface area (Å²) in [7, 11) is 1.91. The van der Waals surface area contributed by atoms with Crippen LogP contribution in [0, 0.1) is 0 Å². The molecule has 62 valence electrons. The Labute approximate surface area is 78.3 Å². The van der Waals surface area contributed by atoms with Crippen LogP contribution in [0.3, 0.4) is 0 Å². The van der Waals surface area contributed by atoms with E-state index in [1.165, 1.54) is 0 Å². The van der Waals surface area contributed by atoms with E-state index < -0.39 is 0 Å². The third kappa shape index (κ3) is 0.992. The van der Waals surface area contributed by atoms with Gasteiger partial charge in [-0.1, -0.05) is 0 Å². The Balaban J connectivity index is 2.93. The van der Waals surface area contributed by atoms with E-state index in [1.54, 1.807) is 6.20 Å². The summed E-state index contributed by atoms with van der Waals surface area (Å²) in [4.78, 5) is 0. The summed E-state index contributed by atoms with van der Waals surface area (Å²) in [6.45, 7) is 0. The van der Waals surface area contributed by atoms with Crippen molar-refractivity contribution in [3.05, 3.63) is 22.8 Å². The van der Waals surface area contributed by atoms with Crippen molar-refractivity contribution in [2.24, 2.45) is 7.05 Å². The van der Waals surface area contributed by atoms with Gasteiger partial charge in [0.05, 0.1) is 11.7 Å². The lowest BCUT2D eigenvalue weighted by Gasteiger charge is -1.99. The molecule has 0 amide bonds. The molecule has 0 unspecified atom stereocenters. The summed E-state index contributed by atoms with van der Waals surface area (Å²) in [6, 6.07) is 3.79. The van der Waals surface area contributed by atoms with Crippen molar-refractivity contribution < 1.29 is 0 Å². The highest BCUT2D eigenvalue weighted by atomic mass is 79.9. The molecule has 1 heterocycles. The molecule has 2 aromatic rings. The minimum absolute atomic E-state index is 0.752. The minimum Gasteiger partial charge on any atom is -0.399 e. The van der Waals surface area contributed by atoms with Gasteiger partial charge in [-0.2, -0.15) is 5.10 Å². The van der Waals surface area contributed by atoms with E-state index in [-0.39, 0.29) is 0 Å². The molecule has 0 radical (unpaired) electrons. The van der Waals surface area contributed by atoms with Gasteiger partial charge in [0.1, 0.15) is 0 Å². The first-order valence-corrected chi connectivity index (χ1v) is 4.34. The fraction of sp³-hybridized carbons (Fsp3) is 0.125. The van der Waals surface area contributed by atoms with Gasteiger partial charge in [-0.25, -0.2) is 0 Å².